The second-order valence-corrected chi connectivity index (χ2v) is 13.2. The molecule has 4 N–H and O–H groups in total. The number of fused-ring (bicyclic) bond motifs is 8. The number of pyridine rings is 3. The van der Waals surface area contributed by atoms with Gasteiger partial charge in [0.25, 0.3) is 0 Å². The van der Waals surface area contributed by atoms with Gasteiger partial charge >= 0.3 is 0 Å². The van der Waals surface area contributed by atoms with Crippen LogP contribution in [0.5, 0.6) is 23.0 Å². The number of hydrogen-bond acceptors (Lipinski definition) is 13. The molecule has 8 bridgehead atoms. The highest BCUT2D eigenvalue weighted by atomic mass is 16.3. The molecule has 7 aromatic rings. The summed E-state index contributed by atoms with van der Waals surface area (Å²) in [6.45, 7) is 0. The highest BCUT2D eigenvalue weighted by Gasteiger charge is 2.21. The van der Waals surface area contributed by atoms with Crippen molar-refractivity contribution in [3.05, 3.63) is 173 Å². The molecule has 0 unspecified atom stereocenters. The number of para-hydroxylation sites is 1. The highest BCUT2D eigenvalue weighted by molar-refractivity contribution is 5.62. The summed E-state index contributed by atoms with van der Waals surface area (Å²) in [6.07, 6.45) is 10.1. The smallest absolute Gasteiger partial charge is 0.122 e. The molecule has 0 amide bonds. The van der Waals surface area contributed by atoms with Gasteiger partial charge in [-0.3, -0.25) is 15.0 Å². The third kappa shape index (κ3) is 7.96. The third-order valence-corrected chi connectivity index (χ3v) is 9.28. The molecular weight excluding hydrogens is 707 g/mol. The lowest BCUT2D eigenvalue weighted by atomic mass is 9.90. The average Bonchev–Trinajstić information content (AvgIpc) is 3.22. The zero-order valence-corrected chi connectivity index (χ0v) is 29.8. The predicted octanol–water partition coefficient (Wildman–Crippen LogP) is 10.6. The molecule has 0 spiro atoms. The molecule has 13 heteroatoms. The summed E-state index contributed by atoms with van der Waals surface area (Å²) in [4.78, 5) is 12.3. The van der Waals surface area contributed by atoms with E-state index < -0.39 is 0 Å². The summed E-state index contributed by atoms with van der Waals surface area (Å²) in [5.41, 5.74) is 6.88. The van der Waals surface area contributed by atoms with Crippen molar-refractivity contribution in [1.29, 1.82) is 0 Å². The Morgan fingerprint density at radius 1 is 0.321 bits per heavy atom. The van der Waals surface area contributed by atoms with E-state index in [2.05, 4.69) is 45.6 Å². The summed E-state index contributed by atoms with van der Waals surface area (Å²) < 4.78 is 0. The van der Waals surface area contributed by atoms with Crippen molar-refractivity contribution in [3.63, 3.8) is 0 Å². The van der Waals surface area contributed by atoms with E-state index in [1.54, 1.807) is 122 Å². The van der Waals surface area contributed by atoms with Crippen LogP contribution in [-0.2, 0) is 25.7 Å². The molecule has 8 rings (SSSR count). The van der Waals surface area contributed by atoms with Crippen LogP contribution < -0.4 is 0 Å². The molecule has 1 aliphatic rings. The monoisotopic (exact) mass is 739 g/mol. The lowest BCUT2D eigenvalue weighted by molar-refractivity contribution is 0.450. The number of rotatable bonds is 6. The van der Waals surface area contributed by atoms with Crippen LogP contribution in [0.15, 0.2) is 159 Å². The summed E-state index contributed by atoms with van der Waals surface area (Å²) in [6, 6.07) is 26.2. The lowest BCUT2D eigenvalue weighted by Gasteiger charge is -2.18. The molecule has 0 saturated carbocycles. The molecule has 1 aliphatic carbocycles. The van der Waals surface area contributed by atoms with Gasteiger partial charge in [0, 0.05) is 83.9 Å². The first kappa shape index (κ1) is 35.4. The predicted molar refractivity (Wildman–Crippen MR) is 209 cm³/mol. The number of phenolic OH excluding ortho intramolecular Hbond substituents is 4. The van der Waals surface area contributed by atoms with E-state index in [9.17, 15) is 20.4 Å². The van der Waals surface area contributed by atoms with Crippen LogP contribution in [0, 0.1) is 0 Å². The number of azo groups is 3. The summed E-state index contributed by atoms with van der Waals surface area (Å²) >= 11 is 0. The summed E-state index contributed by atoms with van der Waals surface area (Å²) in [5.74, 6) is -0.0511. The van der Waals surface area contributed by atoms with Crippen LogP contribution in [0.3, 0.4) is 0 Å². The van der Waals surface area contributed by atoms with Crippen molar-refractivity contribution >= 4 is 34.1 Å². The fourth-order valence-corrected chi connectivity index (χ4v) is 6.54. The maximum atomic E-state index is 11.9. The molecule has 3 heterocycles. The topological polar surface area (TPSA) is 194 Å². The standard InChI is InChI=1S/C43H33N9O4/c53-40-26-4-1-5-27(40)15-29-19-38(51-48-35-6-2-10-45-24-35)21-31(42(29)55)17-33-23-39(52-49-36-7-3-11-46-25-36)22-32(43(33)56)16-30-20-37(18-28(14-26)41(30)54)50-47-34-8-12-44-13-9-34/h1-13,18-25,53-56H,14-17H2. The van der Waals surface area contributed by atoms with E-state index in [0.29, 0.717) is 78.6 Å². The van der Waals surface area contributed by atoms with Gasteiger partial charge in [-0.25, -0.2) is 0 Å². The number of hydrogen-bond donors (Lipinski definition) is 4. The van der Waals surface area contributed by atoms with Gasteiger partial charge in [-0.05, 0) is 83.9 Å². The first-order chi connectivity index (χ1) is 27.4. The maximum absolute atomic E-state index is 11.9. The molecule has 0 saturated heterocycles. The molecule has 3 aromatic heterocycles. The van der Waals surface area contributed by atoms with Crippen molar-refractivity contribution < 1.29 is 20.4 Å². The minimum absolute atomic E-state index is 0.0143. The Morgan fingerprint density at radius 2 is 0.661 bits per heavy atom. The van der Waals surface area contributed by atoms with Crippen LogP contribution in [0.1, 0.15) is 44.5 Å². The second kappa shape index (κ2) is 15.7. The van der Waals surface area contributed by atoms with Crippen LogP contribution in [0.4, 0.5) is 34.1 Å². The number of nitrogens with zero attached hydrogens (tertiary/aromatic N) is 9. The fourth-order valence-electron chi connectivity index (χ4n) is 6.54. The van der Waals surface area contributed by atoms with Crippen LogP contribution >= 0.6 is 0 Å². The van der Waals surface area contributed by atoms with Crippen molar-refractivity contribution in [2.24, 2.45) is 30.7 Å². The average molecular weight is 740 g/mol. The van der Waals surface area contributed by atoms with Gasteiger partial charge in [0.2, 0.25) is 0 Å². The van der Waals surface area contributed by atoms with Crippen molar-refractivity contribution in [2.45, 2.75) is 25.7 Å². The summed E-state index contributed by atoms with van der Waals surface area (Å²) in [5, 5.41) is 73.6. The van der Waals surface area contributed by atoms with Gasteiger partial charge in [0.15, 0.2) is 0 Å². The zero-order chi connectivity index (χ0) is 38.4. The van der Waals surface area contributed by atoms with E-state index in [-0.39, 0.29) is 48.7 Å². The maximum Gasteiger partial charge on any atom is 0.122 e. The normalized spacial score (nSPS) is 12.8. The summed E-state index contributed by atoms with van der Waals surface area (Å²) in [7, 11) is 0. The van der Waals surface area contributed by atoms with Crippen molar-refractivity contribution in [2.75, 3.05) is 0 Å². The van der Waals surface area contributed by atoms with Crippen LogP contribution in [-0.4, -0.2) is 35.4 Å². The largest absolute Gasteiger partial charge is 0.507 e. The Kier molecular flexibility index (Phi) is 9.94. The van der Waals surface area contributed by atoms with Gasteiger partial charge < -0.3 is 20.4 Å². The lowest BCUT2D eigenvalue weighted by Crippen LogP contribution is -2.01. The van der Waals surface area contributed by atoms with E-state index in [1.165, 1.54) is 0 Å². The quantitative estimate of drug-likeness (QED) is 0.122. The van der Waals surface area contributed by atoms with Crippen molar-refractivity contribution in [3.8, 4) is 23.0 Å². The zero-order valence-electron chi connectivity index (χ0n) is 29.8. The molecule has 274 valence electrons. The van der Waals surface area contributed by atoms with Gasteiger partial charge in [0.1, 0.15) is 34.4 Å². The Balaban J connectivity index is 1.30. The third-order valence-electron chi connectivity index (χ3n) is 9.28. The minimum Gasteiger partial charge on any atom is -0.507 e. The number of benzene rings is 4. The molecule has 0 radical (unpaired) electrons. The number of aromatic nitrogens is 3. The van der Waals surface area contributed by atoms with Gasteiger partial charge in [-0.1, -0.05) is 18.2 Å². The Bertz CT molecular complexity index is 2490. The Hall–Kier alpha value is -7.67. The minimum atomic E-state index is -0.0478. The van der Waals surface area contributed by atoms with E-state index in [1.807, 2.05) is 6.07 Å². The molecule has 0 atom stereocenters. The van der Waals surface area contributed by atoms with E-state index in [0.717, 1.165) is 0 Å². The van der Waals surface area contributed by atoms with E-state index >= 15 is 0 Å². The Morgan fingerprint density at radius 3 is 1.04 bits per heavy atom. The molecule has 56 heavy (non-hydrogen) atoms. The molecule has 13 nitrogen and oxygen atoms in total. The fraction of sp³-hybridized carbons (Fsp3) is 0.0930. The van der Waals surface area contributed by atoms with Gasteiger partial charge in [0.05, 0.1) is 35.1 Å². The Labute approximate surface area is 320 Å². The van der Waals surface area contributed by atoms with Crippen molar-refractivity contribution in [1.82, 2.24) is 15.0 Å². The SMILES string of the molecule is Oc1c2cccc1Cc1cc(N=Nc3cccnc3)cc(c1O)Cc1cc(N=Nc3cccnc3)cc(c1O)Cc1cc(N=Nc3ccncc3)cc(c1O)C2. The van der Waals surface area contributed by atoms with E-state index in [4.69, 9.17) is 0 Å². The number of aromatic hydroxyl groups is 4. The highest BCUT2D eigenvalue weighted by Crippen LogP contribution is 2.41. The van der Waals surface area contributed by atoms with Gasteiger partial charge in [-0.15, -0.1) is 10.2 Å². The molecule has 0 fully saturated rings. The molecular formula is C43H33N9O4. The van der Waals surface area contributed by atoms with Crippen LogP contribution in [0.25, 0.3) is 0 Å². The van der Waals surface area contributed by atoms with Gasteiger partial charge in [-0.2, -0.15) is 20.5 Å². The number of phenols is 4. The molecule has 0 aliphatic heterocycles. The molecule has 4 aromatic carbocycles. The van der Waals surface area contributed by atoms with Crippen LogP contribution in [0.2, 0.25) is 0 Å². The first-order valence-corrected chi connectivity index (χ1v) is 17.7. The first-order valence-electron chi connectivity index (χ1n) is 17.7. The second-order valence-electron chi connectivity index (χ2n) is 13.2.